The summed E-state index contributed by atoms with van der Waals surface area (Å²) in [6, 6.07) is 10.2. The molecular weight excluding hydrogens is 326 g/mol. The van der Waals surface area contributed by atoms with Crippen molar-refractivity contribution < 1.29 is 4.79 Å². The molecule has 1 aromatic carbocycles. The molecule has 26 heavy (non-hydrogen) atoms. The third-order valence-electron chi connectivity index (χ3n) is 4.87. The van der Waals surface area contributed by atoms with E-state index in [1.165, 1.54) is 0 Å². The number of carbonyl (C=O) groups is 1. The third kappa shape index (κ3) is 3.22. The smallest absolute Gasteiger partial charge is 0.274 e. The van der Waals surface area contributed by atoms with Crippen LogP contribution in [-0.2, 0) is 0 Å². The first kappa shape index (κ1) is 16.4. The summed E-state index contributed by atoms with van der Waals surface area (Å²) >= 11 is 0. The van der Waals surface area contributed by atoms with Gasteiger partial charge in [0.1, 0.15) is 5.69 Å². The van der Waals surface area contributed by atoms with Crippen molar-refractivity contribution in [2.45, 2.75) is 25.7 Å². The van der Waals surface area contributed by atoms with E-state index >= 15 is 0 Å². The standard InChI is InChI=1S/C20H21N5O/c1-14-10-22-18(12-21-14)20(26)25-9-5-8-16(13-25)19-17(11-23-24-19)15-6-3-2-4-7-15/h2-4,6-7,10-12,16H,5,8-9,13H2,1H3,(H,23,24)/t16-/m1/s1. The number of nitrogens with one attached hydrogen (secondary N) is 1. The molecule has 0 radical (unpaired) electrons. The van der Waals surface area contributed by atoms with Gasteiger partial charge in [-0.25, -0.2) is 4.98 Å². The summed E-state index contributed by atoms with van der Waals surface area (Å²) in [5.74, 6) is 0.187. The zero-order valence-electron chi connectivity index (χ0n) is 14.7. The van der Waals surface area contributed by atoms with Crippen LogP contribution in [0.2, 0.25) is 0 Å². The molecule has 3 heterocycles. The molecule has 0 aliphatic carbocycles. The van der Waals surface area contributed by atoms with Crippen LogP contribution in [0.3, 0.4) is 0 Å². The maximum Gasteiger partial charge on any atom is 0.274 e. The number of likely N-dealkylation sites (tertiary alicyclic amines) is 1. The van der Waals surface area contributed by atoms with Crippen LogP contribution < -0.4 is 0 Å². The molecule has 4 rings (SSSR count). The summed E-state index contributed by atoms with van der Waals surface area (Å²) in [4.78, 5) is 23.1. The van der Waals surface area contributed by atoms with Gasteiger partial charge in [-0.3, -0.25) is 14.9 Å². The average Bonchev–Trinajstić information content (AvgIpc) is 3.19. The van der Waals surface area contributed by atoms with Crippen molar-refractivity contribution in [3.05, 3.63) is 66.0 Å². The highest BCUT2D eigenvalue weighted by atomic mass is 16.2. The Morgan fingerprint density at radius 2 is 2.00 bits per heavy atom. The van der Waals surface area contributed by atoms with Crippen LogP contribution in [0.15, 0.2) is 48.9 Å². The Kier molecular flexibility index (Phi) is 4.48. The molecule has 0 saturated carbocycles. The molecule has 1 N–H and O–H groups in total. The fraction of sp³-hybridized carbons (Fsp3) is 0.300. The van der Waals surface area contributed by atoms with Gasteiger partial charge in [0.05, 0.1) is 18.1 Å². The molecular formula is C20H21N5O. The number of aromatic amines is 1. The van der Waals surface area contributed by atoms with Crippen molar-refractivity contribution in [2.75, 3.05) is 13.1 Å². The van der Waals surface area contributed by atoms with Gasteiger partial charge in [0.2, 0.25) is 0 Å². The van der Waals surface area contributed by atoms with E-state index < -0.39 is 0 Å². The van der Waals surface area contributed by atoms with Crippen LogP contribution >= 0.6 is 0 Å². The summed E-state index contributed by atoms with van der Waals surface area (Å²) in [7, 11) is 0. The maximum absolute atomic E-state index is 12.8. The number of benzene rings is 1. The minimum absolute atomic E-state index is 0.0528. The molecule has 1 saturated heterocycles. The van der Waals surface area contributed by atoms with E-state index in [2.05, 4.69) is 32.3 Å². The number of amides is 1. The number of carbonyl (C=O) groups excluding carboxylic acids is 1. The van der Waals surface area contributed by atoms with Crippen molar-refractivity contribution in [1.29, 1.82) is 0 Å². The lowest BCUT2D eigenvalue weighted by molar-refractivity contribution is 0.0699. The van der Waals surface area contributed by atoms with E-state index in [0.717, 1.165) is 41.9 Å². The van der Waals surface area contributed by atoms with Gasteiger partial charge in [0.15, 0.2) is 0 Å². The van der Waals surface area contributed by atoms with Crippen LogP contribution in [0.1, 0.15) is 40.6 Å². The lowest BCUT2D eigenvalue weighted by Gasteiger charge is -2.32. The van der Waals surface area contributed by atoms with E-state index in [1.807, 2.05) is 36.2 Å². The van der Waals surface area contributed by atoms with Gasteiger partial charge in [-0.05, 0) is 25.3 Å². The van der Waals surface area contributed by atoms with Gasteiger partial charge in [-0.15, -0.1) is 0 Å². The van der Waals surface area contributed by atoms with E-state index in [0.29, 0.717) is 12.2 Å². The molecule has 1 atom stereocenters. The summed E-state index contributed by atoms with van der Waals surface area (Å²) in [6.45, 7) is 3.28. The number of H-pyrrole nitrogens is 1. The fourth-order valence-electron chi connectivity index (χ4n) is 3.52. The van der Waals surface area contributed by atoms with Crippen LogP contribution in [0.5, 0.6) is 0 Å². The topological polar surface area (TPSA) is 74.8 Å². The van der Waals surface area contributed by atoms with Gasteiger partial charge in [-0.2, -0.15) is 5.10 Å². The van der Waals surface area contributed by atoms with Gasteiger partial charge in [0.25, 0.3) is 5.91 Å². The van der Waals surface area contributed by atoms with Crippen molar-refractivity contribution >= 4 is 5.91 Å². The van der Waals surface area contributed by atoms with Gasteiger partial charge < -0.3 is 4.90 Å². The molecule has 1 aliphatic heterocycles. The summed E-state index contributed by atoms with van der Waals surface area (Å²) < 4.78 is 0. The van der Waals surface area contributed by atoms with Gasteiger partial charge >= 0.3 is 0 Å². The monoisotopic (exact) mass is 347 g/mol. The molecule has 2 aromatic heterocycles. The molecule has 1 aliphatic rings. The molecule has 3 aromatic rings. The zero-order valence-corrected chi connectivity index (χ0v) is 14.7. The predicted molar refractivity (Wildman–Crippen MR) is 98.7 cm³/mol. The van der Waals surface area contributed by atoms with Crippen LogP contribution in [0.25, 0.3) is 11.1 Å². The highest BCUT2D eigenvalue weighted by Crippen LogP contribution is 2.33. The third-order valence-corrected chi connectivity index (χ3v) is 4.87. The number of rotatable bonds is 3. The van der Waals surface area contributed by atoms with E-state index in [4.69, 9.17) is 0 Å². The van der Waals surface area contributed by atoms with Crippen LogP contribution in [0.4, 0.5) is 0 Å². The Balaban J connectivity index is 1.55. The lowest BCUT2D eigenvalue weighted by atomic mass is 9.90. The minimum atomic E-state index is -0.0528. The van der Waals surface area contributed by atoms with E-state index in [1.54, 1.807) is 12.4 Å². The molecule has 6 heteroatoms. The van der Waals surface area contributed by atoms with Crippen molar-refractivity contribution in [3.63, 3.8) is 0 Å². The molecule has 0 spiro atoms. The Morgan fingerprint density at radius 3 is 2.77 bits per heavy atom. The Hall–Kier alpha value is -3.02. The average molecular weight is 347 g/mol. The second kappa shape index (κ2) is 7.07. The van der Waals surface area contributed by atoms with Crippen molar-refractivity contribution in [1.82, 2.24) is 25.1 Å². The predicted octanol–water partition coefficient (Wildman–Crippen LogP) is 3.19. The van der Waals surface area contributed by atoms with E-state index in [-0.39, 0.29) is 11.8 Å². The van der Waals surface area contributed by atoms with Gasteiger partial charge in [-0.1, -0.05) is 30.3 Å². The summed E-state index contributed by atoms with van der Waals surface area (Å²) in [5, 5.41) is 7.43. The summed E-state index contributed by atoms with van der Waals surface area (Å²) in [6.07, 6.45) is 7.06. The molecule has 0 bridgehead atoms. The number of aryl methyl sites for hydroxylation is 1. The Labute approximate surface area is 152 Å². The highest BCUT2D eigenvalue weighted by molar-refractivity contribution is 5.92. The first-order valence-electron chi connectivity index (χ1n) is 8.89. The number of hydrogen-bond acceptors (Lipinski definition) is 4. The minimum Gasteiger partial charge on any atom is -0.337 e. The fourth-order valence-corrected chi connectivity index (χ4v) is 3.52. The normalized spacial score (nSPS) is 17.3. The Bertz CT molecular complexity index is 888. The number of nitrogens with zero attached hydrogens (tertiary/aromatic N) is 4. The first-order chi connectivity index (χ1) is 12.7. The van der Waals surface area contributed by atoms with Crippen molar-refractivity contribution in [3.8, 4) is 11.1 Å². The molecule has 1 amide bonds. The van der Waals surface area contributed by atoms with Crippen LogP contribution in [-0.4, -0.2) is 44.1 Å². The Morgan fingerprint density at radius 1 is 1.15 bits per heavy atom. The van der Waals surface area contributed by atoms with Crippen molar-refractivity contribution in [2.24, 2.45) is 0 Å². The molecule has 1 fully saturated rings. The van der Waals surface area contributed by atoms with Crippen LogP contribution in [0, 0.1) is 6.92 Å². The molecule has 0 unspecified atom stereocenters. The zero-order chi connectivity index (χ0) is 17.9. The number of piperidine rings is 1. The molecule has 6 nitrogen and oxygen atoms in total. The molecule has 132 valence electrons. The summed E-state index contributed by atoms with van der Waals surface area (Å²) in [5.41, 5.74) is 4.57. The lowest BCUT2D eigenvalue weighted by Crippen LogP contribution is -2.39. The van der Waals surface area contributed by atoms with Gasteiger partial charge in [0, 0.05) is 36.5 Å². The largest absolute Gasteiger partial charge is 0.337 e. The second-order valence-electron chi connectivity index (χ2n) is 6.70. The highest BCUT2D eigenvalue weighted by Gasteiger charge is 2.28. The quantitative estimate of drug-likeness (QED) is 0.789. The maximum atomic E-state index is 12.8. The second-order valence-corrected chi connectivity index (χ2v) is 6.70. The SMILES string of the molecule is Cc1cnc(C(=O)N2CCC[C@@H](c3[nH]ncc3-c3ccccc3)C2)cn1. The first-order valence-corrected chi connectivity index (χ1v) is 8.89. The number of aromatic nitrogens is 4. The number of hydrogen-bond donors (Lipinski definition) is 1. The van der Waals surface area contributed by atoms with E-state index in [9.17, 15) is 4.79 Å².